The Labute approximate surface area is 163 Å². The third kappa shape index (κ3) is 3.79. The van der Waals surface area contributed by atoms with Gasteiger partial charge in [-0.1, -0.05) is 0 Å². The van der Waals surface area contributed by atoms with E-state index in [1.165, 1.54) is 24.2 Å². The van der Waals surface area contributed by atoms with E-state index in [0.717, 1.165) is 47.8 Å². The van der Waals surface area contributed by atoms with E-state index in [9.17, 15) is 4.79 Å². The molecule has 3 heterocycles. The van der Waals surface area contributed by atoms with Gasteiger partial charge in [0.2, 0.25) is 5.88 Å². The number of rotatable bonds is 6. The van der Waals surface area contributed by atoms with Crippen LogP contribution in [0.25, 0.3) is 10.2 Å². The van der Waals surface area contributed by atoms with Crippen molar-refractivity contribution in [2.45, 2.75) is 51.3 Å². The van der Waals surface area contributed by atoms with Crippen molar-refractivity contribution in [2.75, 3.05) is 27.3 Å². The van der Waals surface area contributed by atoms with E-state index < -0.39 is 0 Å². The molecule has 0 atom stereocenters. The summed E-state index contributed by atoms with van der Waals surface area (Å²) in [7, 11) is 3.19. The zero-order valence-electron chi connectivity index (χ0n) is 16.1. The largest absolute Gasteiger partial charge is 0.480 e. The number of likely N-dealkylation sites (tertiary alicyclic amines) is 1. The molecule has 1 amide bonds. The molecule has 1 saturated carbocycles. The maximum absolute atomic E-state index is 12.9. The molecule has 1 N–H and O–H groups in total. The monoisotopic (exact) mass is 390 g/mol. The second-order valence-corrected chi connectivity index (χ2v) is 8.33. The fraction of sp³-hybridized carbons (Fsp3) is 0.632. The summed E-state index contributed by atoms with van der Waals surface area (Å²) in [5.74, 6) is 1.04. The summed E-state index contributed by atoms with van der Waals surface area (Å²) in [6, 6.07) is 1.05. The van der Waals surface area contributed by atoms with Crippen LogP contribution in [0.1, 0.15) is 46.7 Å². The number of amides is 1. The average Bonchev–Trinajstić information content (AvgIpc) is 3.46. The van der Waals surface area contributed by atoms with Crippen molar-refractivity contribution < 1.29 is 14.3 Å². The quantitative estimate of drug-likeness (QED) is 0.817. The van der Waals surface area contributed by atoms with Gasteiger partial charge in [-0.15, -0.1) is 11.3 Å². The Bertz CT molecular complexity index is 841. The zero-order chi connectivity index (χ0) is 19.0. The molecule has 2 fully saturated rings. The van der Waals surface area contributed by atoms with Gasteiger partial charge in [0.05, 0.1) is 17.4 Å². The van der Waals surface area contributed by atoms with Crippen molar-refractivity contribution >= 4 is 27.5 Å². The summed E-state index contributed by atoms with van der Waals surface area (Å²) in [6.45, 7) is 4.41. The maximum Gasteiger partial charge on any atom is 0.261 e. The van der Waals surface area contributed by atoms with E-state index in [4.69, 9.17) is 9.47 Å². The molecule has 27 heavy (non-hydrogen) atoms. The highest BCUT2D eigenvalue weighted by Gasteiger charge is 2.32. The van der Waals surface area contributed by atoms with Crippen LogP contribution in [0.3, 0.4) is 0 Å². The normalized spacial score (nSPS) is 18.8. The second-order valence-electron chi connectivity index (χ2n) is 7.33. The smallest absolute Gasteiger partial charge is 0.261 e. The molecule has 1 aliphatic carbocycles. The summed E-state index contributed by atoms with van der Waals surface area (Å²) in [5.41, 5.74) is 0.878. The Morgan fingerprint density at radius 1 is 1.22 bits per heavy atom. The number of nitrogens with zero attached hydrogens (tertiary/aromatic N) is 3. The van der Waals surface area contributed by atoms with Crippen LogP contribution in [0.15, 0.2) is 0 Å². The van der Waals surface area contributed by atoms with Gasteiger partial charge in [0.15, 0.2) is 5.82 Å². The van der Waals surface area contributed by atoms with Crippen molar-refractivity contribution in [1.29, 1.82) is 0 Å². The van der Waals surface area contributed by atoms with E-state index in [2.05, 4.69) is 20.2 Å². The highest BCUT2D eigenvalue weighted by Crippen LogP contribution is 2.35. The number of piperidine rings is 1. The SMILES string of the molecule is COCc1nc(OC)c2c(C)c(C(=O)NC3CCN(C4CC4)CC3)sc2n1. The van der Waals surface area contributed by atoms with Crippen LogP contribution in [0.4, 0.5) is 0 Å². The lowest BCUT2D eigenvalue weighted by atomic mass is 10.0. The van der Waals surface area contributed by atoms with Crippen molar-refractivity contribution in [3.05, 3.63) is 16.3 Å². The summed E-state index contributed by atoms with van der Waals surface area (Å²) < 4.78 is 10.6. The van der Waals surface area contributed by atoms with Gasteiger partial charge in [0.1, 0.15) is 11.4 Å². The topological polar surface area (TPSA) is 76.6 Å². The van der Waals surface area contributed by atoms with Gasteiger partial charge in [-0.05, 0) is 38.2 Å². The Morgan fingerprint density at radius 3 is 2.59 bits per heavy atom. The van der Waals surface area contributed by atoms with Gasteiger partial charge in [-0.25, -0.2) is 4.98 Å². The molecule has 1 aliphatic heterocycles. The van der Waals surface area contributed by atoms with Gasteiger partial charge in [-0.2, -0.15) is 4.98 Å². The highest BCUT2D eigenvalue weighted by molar-refractivity contribution is 7.20. The molecule has 1 saturated heterocycles. The van der Waals surface area contributed by atoms with E-state index in [0.29, 0.717) is 23.2 Å². The van der Waals surface area contributed by atoms with Crippen molar-refractivity contribution in [3.8, 4) is 5.88 Å². The van der Waals surface area contributed by atoms with Gasteiger partial charge < -0.3 is 19.7 Å². The molecule has 2 aromatic rings. The Morgan fingerprint density at radius 2 is 1.96 bits per heavy atom. The van der Waals surface area contributed by atoms with E-state index in [-0.39, 0.29) is 11.9 Å². The predicted octanol–water partition coefficient (Wildman–Crippen LogP) is 2.51. The summed E-state index contributed by atoms with van der Waals surface area (Å²) >= 11 is 1.40. The van der Waals surface area contributed by atoms with Gasteiger partial charge in [-0.3, -0.25) is 4.79 Å². The Balaban J connectivity index is 1.52. The fourth-order valence-electron chi connectivity index (χ4n) is 3.80. The number of methoxy groups -OCH3 is 2. The first-order valence-electron chi connectivity index (χ1n) is 9.48. The Hall–Kier alpha value is -1.77. The van der Waals surface area contributed by atoms with Crippen molar-refractivity contribution in [1.82, 2.24) is 20.2 Å². The van der Waals surface area contributed by atoms with Crippen LogP contribution in [0.2, 0.25) is 0 Å². The third-order valence-corrected chi connectivity index (χ3v) is 6.59. The molecule has 0 bridgehead atoms. The van der Waals surface area contributed by atoms with E-state index in [1.807, 2.05) is 6.92 Å². The number of carbonyl (C=O) groups is 1. The summed E-state index contributed by atoms with van der Waals surface area (Å²) in [6.07, 6.45) is 4.72. The van der Waals surface area contributed by atoms with Crippen LogP contribution < -0.4 is 10.1 Å². The maximum atomic E-state index is 12.9. The van der Waals surface area contributed by atoms with Gasteiger partial charge >= 0.3 is 0 Å². The van der Waals surface area contributed by atoms with Gasteiger partial charge in [0.25, 0.3) is 5.91 Å². The van der Waals surface area contributed by atoms with Crippen LogP contribution in [0.5, 0.6) is 5.88 Å². The number of aromatic nitrogens is 2. The number of aryl methyl sites for hydroxylation is 1. The lowest BCUT2D eigenvalue weighted by molar-refractivity contribution is 0.0913. The minimum atomic E-state index is -0.0179. The first kappa shape index (κ1) is 18.6. The highest BCUT2D eigenvalue weighted by atomic mass is 32.1. The first-order valence-corrected chi connectivity index (χ1v) is 10.3. The molecule has 2 aliphatic rings. The molecule has 0 aromatic carbocycles. The Kier molecular flexibility index (Phi) is 5.29. The van der Waals surface area contributed by atoms with Crippen LogP contribution in [-0.4, -0.2) is 60.2 Å². The van der Waals surface area contributed by atoms with Crippen molar-refractivity contribution in [3.63, 3.8) is 0 Å². The summed E-state index contributed by atoms with van der Waals surface area (Å²) in [5, 5.41) is 4.04. The third-order valence-electron chi connectivity index (χ3n) is 5.40. The molecule has 7 nitrogen and oxygen atoms in total. The molecular weight excluding hydrogens is 364 g/mol. The molecule has 2 aromatic heterocycles. The molecule has 8 heteroatoms. The minimum Gasteiger partial charge on any atom is -0.480 e. The van der Waals surface area contributed by atoms with E-state index >= 15 is 0 Å². The molecule has 146 valence electrons. The average molecular weight is 391 g/mol. The van der Waals surface area contributed by atoms with Gasteiger partial charge in [0, 0.05) is 32.3 Å². The first-order chi connectivity index (χ1) is 13.1. The number of hydrogen-bond acceptors (Lipinski definition) is 7. The number of carbonyl (C=O) groups excluding carboxylic acids is 1. The van der Waals surface area contributed by atoms with Crippen molar-refractivity contribution in [2.24, 2.45) is 0 Å². The molecule has 0 unspecified atom stereocenters. The number of thiophene rings is 1. The number of fused-ring (bicyclic) bond motifs is 1. The zero-order valence-corrected chi connectivity index (χ0v) is 16.9. The predicted molar refractivity (Wildman–Crippen MR) is 105 cm³/mol. The number of ether oxygens (including phenoxy) is 2. The van der Waals surface area contributed by atoms with Crippen LogP contribution >= 0.6 is 11.3 Å². The fourth-order valence-corrected chi connectivity index (χ4v) is 4.90. The lowest BCUT2D eigenvalue weighted by Crippen LogP contribution is -2.45. The second kappa shape index (κ2) is 7.69. The summed E-state index contributed by atoms with van der Waals surface area (Å²) in [4.78, 5) is 25.9. The number of nitrogens with one attached hydrogen (secondary N) is 1. The van der Waals surface area contributed by atoms with Crippen LogP contribution in [0, 0.1) is 6.92 Å². The minimum absolute atomic E-state index is 0.0179. The molecule has 0 spiro atoms. The van der Waals surface area contributed by atoms with E-state index in [1.54, 1.807) is 14.2 Å². The molecule has 4 rings (SSSR count). The standard InChI is InChI=1S/C19H26N4O3S/c1-11-15-18(26-3)21-14(10-25-2)22-19(15)27-16(11)17(24)20-12-6-8-23(9-7-12)13-4-5-13/h12-13H,4-10H2,1-3H3,(H,20,24). The lowest BCUT2D eigenvalue weighted by Gasteiger charge is -2.32. The molecular formula is C19H26N4O3S. The van der Waals surface area contributed by atoms with Crippen LogP contribution in [-0.2, 0) is 11.3 Å². The molecule has 0 radical (unpaired) electrons. The number of hydrogen-bond donors (Lipinski definition) is 1.